The van der Waals surface area contributed by atoms with E-state index in [9.17, 15) is 18.0 Å². The maximum atomic E-state index is 12.6. The number of piperidine rings is 1. The Morgan fingerprint density at radius 3 is 2.69 bits per heavy atom. The van der Waals surface area contributed by atoms with E-state index in [1.807, 2.05) is 6.07 Å². The SMILES string of the molecule is CC(Oc1ccccc1)C(=O)N1CCCC(c2nnc(C(F)(F)F)o2)C1. The number of hydrogen-bond acceptors (Lipinski definition) is 5. The number of nitrogens with zero attached hydrogens (tertiary/aromatic N) is 3. The molecule has 0 spiro atoms. The molecule has 1 amide bonds. The molecule has 2 heterocycles. The molecule has 1 aromatic heterocycles. The van der Waals surface area contributed by atoms with E-state index < -0.39 is 24.1 Å². The van der Waals surface area contributed by atoms with Crippen LogP contribution in [0.15, 0.2) is 34.7 Å². The first-order valence-corrected chi connectivity index (χ1v) is 8.25. The molecule has 0 radical (unpaired) electrons. The lowest BCUT2D eigenvalue weighted by molar-refractivity contribution is -0.158. The lowest BCUT2D eigenvalue weighted by Crippen LogP contribution is -2.45. The van der Waals surface area contributed by atoms with Crippen molar-refractivity contribution in [3.05, 3.63) is 42.1 Å². The molecule has 1 aromatic carbocycles. The molecule has 2 unspecified atom stereocenters. The second-order valence-corrected chi connectivity index (χ2v) is 6.14. The molecule has 2 atom stereocenters. The van der Waals surface area contributed by atoms with Gasteiger partial charge in [-0.3, -0.25) is 4.79 Å². The third-order valence-electron chi connectivity index (χ3n) is 4.17. The summed E-state index contributed by atoms with van der Waals surface area (Å²) in [6.45, 7) is 2.38. The number of amides is 1. The average Bonchev–Trinajstić information content (AvgIpc) is 3.12. The summed E-state index contributed by atoms with van der Waals surface area (Å²) in [5.74, 6) is -1.52. The Hall–Kier alpha value is -2.58. The standard InChI is InChI=1S/C17H18F3N3O3/c1-11(25-13-7-3-2-4-8-13)15(24)23-9-5-6-12(10-23)14-21-22-16(26-14)17(18,19)20/h2-4,7-8,11-12H,5-6,9-10H2,1H3. The zero-order chi connectivity index (χ0) is 18.7. The molecule has 0 bridgehead atoms. The topological polar surface area (TPSA) is 68.5 Å². The normalized spacial score (nSPS) is 19.2. The number of aromatic nitrogens is 2. The Labute approximate surface area is 148 Å². The summed E-state index contributed by atoms with van der Waals surface area (Å²) in [7, 11) is 0. The van der Waals surface area contributed by atoms with E-state index in [1.54, 1.807) is 36.1 Å². The van der Waals surface area contributed by atoms with Crippen LogP contribution in [0.2, 0.25) is 0 Å². The first-order chi connectivity index (χ1) is 12.3. The summed E-state index contributed by atoms with van der Waals surface area (Å²) in [4.78, 5) is 14.2. The van der Waals surface area contributed by atoms with E-state index in [0.717, 1.165) is 0 Å². The highest BCUT2D eigenvalue weighted by Gasteiger charge is 2.39. The number of rotatable bonds is 4. The molecule has 0 N–H and O–H groups in total. The maximum absolute atomic E-state index is 12.6. The van der Waals surface area contributed by atoms with Gasteiger partial charge in [-0.1, -0.05) is 18.2 Å². The largest absolute Gasteiger partial charge is 0.481 e. The van der Waals surface area contributed by atoms with Gasteiger partial charge in [0.05, 0.1) is 5.92 Å². The van der Waals surface area contributed by atoms with E-state index in [4.69, 9.17) is 9.15 Å². The van der Waals surface area contributed by atoms with Gasteiger partial charge in [0.1, 0.15) is 5.75 Å². The Morgan fingerprint density at radius 2 is 2.04 bits per heavy atom. The summed E-state index contributed by atoms with van der Waals surface area (Å²) in [5.41, 5.74) is 0. The van der Waals surface area contributed by atoms with Crippen LogP contribution in [0.4, 0.5) is 13.2 Å². The van der Waals surface area contributed by atoms with Crippen molar-refractivity contribution in [2.45, 2.75) is 38.0 Å². The van der Waals surface area contributed by atoms with E-state index in [0.29, 0.717) is 25.1 Å². The summed E-state index contributed by atoms with van der Waals surface area (Å²) >= 11 is 0. The van der Waals surface area contributed by atoms with Crippen LogP contribution in [0.5, 0.6) is 5.75 Å². The van der Waals surface area contributed by atoms with E-state index in [1.165, 1.54) is 0 Å². The highest BCUT2D eigenvalue weighted by molar-refractivity contribution is 5.81. The fraction of sp³-hybridized carbons (Fsp3) is 0.471. The van der Waals surface area contributed by atoms with Crippen LogP contribution in [-0.4, -0.2) is 40.2 Å². The second-order valence-electron chi connectivity index (χ2n) is 6.14. The minimum absolute atomic E-state index is 0.0912. The molecule has 0 aliphatic carbocycles. The summed E-state index contributed by atoms with van der Waals surface area (Å²) in [6.07, 6.45) is -4.16. The third kappa shape index (κ3) is 4.14. The van der Waals surface area contributed by atoms with Crippen molar-refractivity contribution in [2.24, 2.45) is 0 Å². The molecule has 9 heteroatoms. The van der Waals surface area contributed by atoms with E-state index >= 15 is 0 Å². The number of ether oxygens (including phenoxy) is 1. The van der Waals surface area contributed by atoms with Crippen molar-refractivity contribution < 1.29 is 27.1 Å². The smallest absolute Gasteiger partial charge is 0.470 e. The van der Waals surface area contributed by atoms with Crippen molar-refractivity contribution in [1.29, 1.82) is 0 Å². The Morgan fingerprint density at radius 1 is 1.31 bits per heavy atom. The monoisotopic (exact) mass is 369 g/mol. The second kappa shape index (κ2) is 7.35. The fourth-order valence-corrected chi connectivity index (χ4v) is 2.90. The van der Waals surface area contributed by atoms with Crippen molar-refractivity contribution in [3.63, 3.8) is 0 Å². The zero-order valence-electron chi connectivity index (χ0n) is 14.1. The molecule has 26 heavy (non-hydrogen) atoms. The van der Waals surface area contributed by atoms with Crippen LogP contribution in [0.1, 0.15) is 37.5 Å². The van der Waals surface area contributed by atoms with Gasteiger partial charge in [0.2, 0.25) is 5.89 Å². The molecule has 3 rings (SSSR count). The lowest BCUT2D eigenvalue weighted by Gasteiger charge is -2.32. The molecule has 1 aliphatic heterocycles. The van der Waals surface area contributed by atoms with Crippen LogP contribution in [-0.2, 0) is 11.0 Å². The van der Waals surface area contributed by atoms with Gasteiger partial charge in [-0.05, 0) is 31.9 Å². The predicted octanol–water partition coefficient (Wildman–Crippen LogP) is 3.26. The Bertz CT molecular complexity index is 748. The molecule has 140 valence electrons. The maximum Gasteiger partial charge on any atom is 0.470 e. The first-order valence-electron chi connectivity index (χ1n) is 8.25. The van der Waals surface area contributed by atoms with Crippen molar-refractivity contribution in [3.8, 4) is 5.75 Å². The van der Waals surface area contributed by atoms with Crippen LogP contribution in [0.25, 0.3) is 0 Å². The summed E-state index contributed by atoms with van der Waals surface area (Å²) in [5, 5.41) is 6.56. The van der Waals surface area contributed by atoms with Crippen LogP contribution in [0.3, 0.4) is 0 Å². The predicted molar refractivity (Wildman–Crippen MR) is 84.4 cm³/mol. The summed E-state index contributed by atoms with van der Waals surface area (Å²) in [6, 6.07) is 8.95. The minimum Gasteiger partial charge on any atom is -0.481 e. The number of hydrogen-bond donors (Lipinski definition) is 0. The Kier molecular flexibility index (Phi) is 5.15. The molecule has 1 saturated heterocycles. The van der Waals surface area contributed by atoms with Crippen molar-refractivity contribution in [2.75, 3.05) is 13.1 Å². The zero-order valence-corrected chi connectivity index (χ0v) is 14.1. The molecule has 1 fully saturated rings. The van der Waals surface area contributed by atoms with Gasteiger partial charge in [-0.2, -0.15) is 13.2 Å². The van der Waals surface area contributed by atoms with Crippen LogP contribution >= 0.6 is 0 Å². The molecule has 6 nitrogen and oxygen atoms in total. The van der Waals surface area contributed by atoms with Gasteiger partial charge in [0, 0.05) is 13.1 Å². The quantitative estimate of drug-likeness (QED) is 0.827. The molecule has 1 aliphatic rings. The van der Waals surface area contributed by atoms with Crippen molar-refractivity contribution in [1.82, 2.24) is 15.1 Å². The van der Waals surface area contributed by atoms with Gasteiger partial charge in [-0.25, -0.2) is 0 Å². The van der Waals surface area contributed by atoms with Crippen molar-refractivity contribution >= 4 is 5.91 Å². The number of halogens is 3. The van der Waals surface area contributed by atoms with Gasteiger partial charge in [0.25, 0.3) is 5.91 Å². The Balaban J connectivity index is 1.64. The number of carbonyl (C=O) groups excluding carboxylic acids is 1. The number of likely N-dealkylation sites (tertiary alicyclic amines) is 1. The number of alkyl halides is 3. The van der Waals surface area contributed by atoms with Gasteiger partial charge >= 0.3 is 12.1 Å². The first kappa shape index (κ1) is 18.2. The molecule has 0 saturated carbocycles. The number of benzene rings is 1. The molecular weight excluding hydrogens is 351 g/mol. The van der Waals surface area contributed by atoms with Gasteiger partial charge in [-0.15, -0.1) is 10.2 Å². The highest BCUT2D eigenvalue weighted by Crippen LogP contribution is 2.32. The van der Waals surface area contributed by atoms with Gasteiger partial charge < -0.3 is 14.1 Å². The average molecular weight is 369 g/mol. The summed E-state index contributed by atoms with van der Waals surface area (Å²) < 4.78 is 48.2. The minimum atomic E-state index is -4.67. The van der Waals surface area contributed by atoms with Crippen LogP contribution < -0.4 is 4.74 Å². The van der Waals surface area contributed by atoms with E-state index in [2.05, 4.69) is 10.2 Å². The third-order valence-corrected chi connectivity index (χ3v) is 4.17. The van der Waals surface area contributed by atoms with Crippen LogP contribution in [0, 0.1) is 0 Å². The number of carbonyl (C=O) groups is 1. The van der Waals surface area contributed by atoms with E-state index in [-0.39, 0.29) is 18.3 Å². The highest BCUT2D eigenvalue weighted by atomic mass is 19.4. The molecular formula is C17H18F3N3O3. The van der Waals surface area contributed by atoms with Gasteiger partial charge in [0.15, 0.2) is 6.10 Å². The number of para-hydroxylation sites is 1. The molecule has 2 aromatic rings. The lowest BCUT2D eigenvalue weighted by atomic mass is 9.97. The fourth-order valence-electron chi connectivity index (χ4n) is 2.90.